The van der Waals surface area contributed by atoms with Crippen LogP contribution >= 0.6 is 0 Å². The third-order valence-electron chi connectivity index (χ3n) is 6.08. The molecule has 0 saturated carbocycles. The van der Waals surface area contributed by atoms with Gasteiger partial charge in [0.25, 0.3) is 0 Å². The molecule has 1 fully saturated rings. The third-order valence-corrected chi connectivity index (χ3v) is 6.08. The summed E-state index contributed by atoms with van der Waals surface area (Å²) >= 11 is 0. The van der Waals surface area contributed by atoms with E-state index < -0.39 is 17.6 Å². The van der Waals surface area contributed by atoms with Gasteiger partial charge in [0.1, 0.15) is 11.3 Å². The zero-order valence-electron chi connectivity index (χ0n) is 18.8. The van der Waals surface area contributed by atoms with E-state index in [4.69, 9.17) is 0 Å². The zero-order valence-corrected chi connectivity index (χ0v) is 18.8. The minimum atomic E-state index is -0.800. The molecule has 5 aromatic heterocycles. The van der Waals surface area contributed by atoms with Gasteiger partial charge in [-0.3, -0.25) is 14.2 Å². The van der Waals surface area contributed by atoms with Crippen LogP contribution in [0.5, 0.6) is 0 Å². The van der Waals surface area contributed by atoms with Crippen molar-refractivity contribution in [3.8, 4) is 11.6 Å². The largest absolute Gasteiger partial charge is 0.353 e. The van der Waals surface area contributed by atoms with Crippen molar-refractivity contribution in [1.29, 1.82) is 0 Å². The van der Waals surface area contributed by atoms with Crippen LogP contribution in [0.2, 0.25) is 0 Å². The van der Waals surface area contributed by atoms with Crippen LogP contribution in [0.1, 0.15) is 4.79 Å². The summed E-state index contributed by atoms with van der Waals surface area (Å²) in [6, 6.07) is 8.91. The molecule has 6 heterocycles. The topological polar surface area (TPSA) is 120 Å². The minimum Gasteiger partial charge on any atom is -0.353 e. The lowest BCUT2D eigenvalue weighted by molar-refractivity contribution is -0.127. The van der Waals surface area contributed by atoms with Crippen molar-refractivity contribution in [3.05, 3.63) is 73.3 Å². The quantitative estimate of drug-likeness (QED) is 0.350. The van der Waals surface area contributed by atoms with E-state index in [9.17, 15) is 14.0 Å². The molecule has 0 unspecified atom stereocenters. The Bertz CT molecular complexity index is 1550. The summed E-state index contributed by atoms with van der Waals surface area (Å²) in [7, 11) is 0. The maximum Gasteiger partial charge on any atom is 0.320 e. The lowest BCUT2D eigenvalue weighted by Gasteiger charge is -2.35. The van der Waals surface area contributed by atoms with Crippen LogP contribution in [-0.4, -0.2) is 82.2 Å². The van der Waals surface area contributed by atoms with Gasteiger partial charge in [0, 0.05) is 50.0 Å². The summed E-state index contributed by atoms with van der Waals surface area (Å²) in [4.78, 5) is 38.4. The average Bonchev–Trinajstić information content (AvgIpc) is 3.70. The Balaban J connectivity index is 1.22. The third kappa shape index (κ3) is 3.57. The number of pyridine rings is 2. The van der Waals surface area contributed by atoms with E-state index in [1.807, 2.05) is 24.3 Å². The Kier molecular flexibility index (Phi) is 5.21. The summed E-state index contributed by atoms with van der Waals surface area (Å²) in [5, 5.41) is 12.2. The smallest absolute Gasteiger partial charge is 0.320 e. The number of fused-ring (bicyclic) bond motifs is 1. The Labute approximate surface area is 203 Å². The number of piperazine rings is 1. The Morgan fingerprint density at radius 1 is 0.889 bits per heavy atom. The molecule has 0 aromatic carbocycles. The van der Waals surface area contributed by atoms with E-state index in [0.717, 1.165) is 16.6 Å². The van der Waals surface area contributed by atoms with Crippen LogP contribution < -0.4 is 4.90 Å². The van der Waals surface area contributed by atoms with E-state index in [0.29, 0.717) is 32.0 Å². The summed E-state index contributed by atoms with van der Waals surface area (Å²) in [5.74, 6) is -0.351. The van der Waals surface area contributed by atoms with Gasteiger partial charge in [-0.25, -0.2) is 19.0 Å². The first-order valence-electron chi connectivity index (χ1n) is 11.2. The molecule has 1 aliphatic rings. The molecule has 36 heavy (non-hydrogen) atoms. The lowest BCUT2D eigenvalue weighted by Crippen LogP contribution is -2.51. The number of hydrogen-bond acceptors (Lipinski definition) is 8. The predicted molar refractivity (Wildman–Crippen MR) is 125 cm³/mol. The van der Waals surface area contributed by atoms with Crippen molar-refractivity contribution >= 4 is 28.5 Å². The van der Waals surface area contributed by atoms with Gasteiger partial charge in [-0.1, -0.05) is 11.3 Å². The second-order valence-electron chi connectivity index (χ2n) is 8.10. The molecule has 13 heteroatoms. The molecular weight excluding hydrogens is 467 g/mol. The molecule has 5 aromatic rings. The molecule has 6 rings (SSSR count). The van der Waals surface area contributed by atoms with Crippen LogP contribution in [0.4, 0.5) is 10.2 Å². The zero-order chi connectivity index (χ0) is 24.6. The number of rotatable bonds is 3. The van der Waals surface area contributed by atoms with Crippen LogP contribution in [0.25, 0.3) is 22.5 Å². The van der Waals surface area contributed by atoms with Crippen molar-refractivity contribution in [2.75, 3.05) is 31.1 Å². The Morgan fingerprint density at radius 2 is 1.75 bits per heavy atom. The maximum absolute atomic E-state index is 14.4. The van der Waals surface area contributed by atoms with Crippen molar-refractivity contribution < 1.29 is 14.0 Å². The second kappa shape index (κ2) is 8.69. The van der Waals surface area contributed by atoms with Gasteiger partial charge >= 0.3 is 11.8 Å². The number of anilines is 1. The summed E-state index contributed by atoms with van der Waals surface area (Å²) < 4.78 is 18.6. The lowest BCUT2D eigenvalue weighted by atomic mass is 10.3. The molecule has 12 nitrogen and oxygen atoms in total. The van der Waals surface area contributed by atoms with Crippen molar-refractivity contribution in [2.45, 2.75) is 0 Å². The van der Waals surface area contributed by atoms with E-state index in [1.165, 1.54) is 34.2 Å². The molecule has 1 amide bonds. The summed E-state index contributed by atoms with van der Waals surface area (Å²) in [6.07, 6.45) is 8.78. The van der Waals surface area contributed by atoms with Crippen molar-refractivity contribution in [3.63, 3.8) is 0 Å². The number of aromatic nitrogens is 8. The van der Waals surface area contributed by atoms with Crippen LogP contribution in [0.15, 0.2) is 67.5 Å². The van der Waals surface area contributed by atoms with E-state index in [2.05, 4.69) is 30.3 Å². The Hall–Kier alpha value is -4.94. The molecule has 0 N–H and O–H groups in total. The monoisotopic (exact) mass is 486 g/mol. The van der Waals surface area contributed by atoms with Crippen LogP contribution in [0.3, 0.4) is 0 Å². The first kappa shape index (κ1) is 21.6. The molecule has 0 spiro atoms. The van der Waals surface area contributed by atoms with Crippen molar-refractivity contribution in [1.82, 2.24) is 44.2 Å². The van der Waals surface area contributed by atoms with E-state index >= 15 is 0 Å². The predicted octanol–water partition coefficient (Wildman–Crippen LogP) is 1.33. The fourth-order valence-electron chi connectivity index (χ4n) is 4.33. The number of hydrogen-bond donors (Lipinski definition) is 0. The van der Waals surface area contributed by atoms with Gasteiger partial charge in [0.05, 0.1) is 24.8 Å². The van der Waals surface area contributed by atoms with Gasteiger partial charge < -0.3 is 9.80 Å². The van der Waals surface area contributed by atoms with Gasteiger partial charge in [-0.2, -0.15) is 9.78 Å². The SMILES string of the molecule is O=C(C(=O)n1ccc2c(F)cnc(-n3ccnn3)c21)N1CCN(c2ccnn2-c2ccccn2)CC1. The van der Waals surface area contributed by atoms with Gasteiger partial charge in [0.15, 0.2) is 17.5 Å². The molecule has 0 radical (unpaired) electrons. The fraction of sp³-hybridized carbons (Fsp3) is 0.174. The average molecular weight is 486 g/mol. The highest BCUT2D eigenvalue weighted by Crippen LogP contribution is 2.25. The van der Waals surface area contributed by atoms with E-state index in [-0.39, 0.29) is 16.7 Å². The standard InChI is InChI=1S/C23H19FN10O2/c24-17-15-26-21(33-10-8-27-29-33)20-16(17)5-9-32(20)23(36)22(35)31-13-11-30(12-14-31)19-4-7-28-34(19)18-3-1-2-6-25-18/h1-10,15H,11-14H2. The molecule has 1 saturated heterocycles. The maximum atomic E-state index is 14.4. The fourth-order valence-corrected chi connectivity index (χ4v) is 4.33. The molecular formula is C23H19FN10O2. The second-order valence-corrected chi connectivity index (χ2v) is 8.10. The highest BCUT2D eigenvalue weighted by Gasteiger charge is 2.30. The van der Waals surface area contributed by atoms with Gasteiger partial charge in [-0.05, 0) is 18.2 Å². The molecule has 0 atom stereocenters. The van der Waals surface area contributed by atoms with E-state index in [1.54, 1.807) is 17.1 Å². The van der Waals surface area contributed by atoms with Gasteiger partial charge in [0.2, 0.25) is 0 Å². The van der Waals surface area contributed by atoms with Crippen molar-refractivity contribution in [2.24, 2.45) is 0 Å². The normalized spacial score (nSPS) is 13.9. The first-order chi connectivity index (χ1) is 17.6. The van der Waals surface area contributed by atoms with Crippen LogP contribution in [-0.2, 0) is 4.79 Å². The van der Waals surface area contributed by atoms with Gasteiger partial charge in [-0.15, -0.1) is 5.10 Å². The number of nitrogens with zero attached hydrogens (tertiary/aromatic N) is 10. The highest BCUT2D eigenvalue weighted by atomic mass is 19.1. The molecule has 1 aliphatic heterocycles. The molecule has 180 valence electrons. The Morgan fingerprint density at radius 3 is 2.50 bits per heavy atom. The van der Waals surface area contributed by atoms with Crippen LogP contribution in [0, 0.1) is 5.82 Å². The highest BCUT2D eigenvalue weighted by molar-refractivity contribution is 6.37. The molecule has 0 aliphatic carbocycles. The summed E-state index contributed by atoms with van der Waals surface area (Å²) in [5.41, 5.74) is 0.150. The first-order valence-corrected chi connectivity index (χ1v) is 11.2. The number of amides is 1. The number of carbonyl (C=O) groups is 2. The number of carbonyl (C=O) groups excluding carboxylic acids is 2. The molecule has 0 bridgehead atoms. The number of halogens is 1. The summed E-state index contributed by atoms with van der Waals surface area (Å²) in [6.45, 7) is 1.67. The minimum absolute atomic E-state index is 0.150.